The highest BCUT2D eigenvalue weighted by Gasteiger charge is 2.11. The smallest absolute Gasteiger partial charge is 0.308 e. The van der Waals surface area contributed by atoms with Gasteiger partial charge in [-0.15, -0.1) is 10.2 Å². The second kappa shape index (κ2) is 8.27. The average molecular weight is 421 g/mol. The molecule has 156 valence electrons. The molecule has 0 aliphatic rings. The van der Waals surface area contributed by atoms with Crippen LogP contribution in [0.15, 0.2) is 85.2 Å². The highest BCUT2D eigenvalue weighted by molar-refractivity contribution is 6.00. The van der Waals surface area contributed by atoms with Gasteiger partial charge in [-0.1, -0.05) is 30.3 Å². The number of nitrogens with one attached hydrogen (secondary N) is 2. The third-order valence-electron chi connectivity index (χ3n) is 5.01. The molecule has 2 aromatic carbocycles. The first-order valence-corrected chi connectivity index (χ1v) is 10.0. The van der Waals surface area contributed by atoms with Crippen molar-refractivity contribution < 1.29 is 4.79 Å². The van der Waals surface area contributed by atoms with E-state index in [1.807, 2.05) is 79.7 Å². The molecule has 0 fully saturated rings. The van der Waals surface area contributed by atoms with E-state index < -0.39 is 0 Å². The highest BCUT2D eigenvalue weighted by atomic mass is 16.2. The molecule has 2 N–H and O–H groups in total. The van der Waals surface area contributed by atoms with Gasteiger partial charge in [0.05, 0.1) is 5.69 Å². The van der Waals surface area contributed by atoms with Gasteiger partial charge in [0.1, 0.15) is 0 Å². The Bertz CT molecular complexity index is 1410. The summed E-state index contributed by atoms with van der Waals surface area (Å²) in [4.78, 5) is 16.5. The zero-order chi connectivity index (χ0) is 21.9. The Morgan fingerprint density at radius 1 is 0.844 bits per heavy atom. The fourth-order valence-corrected chi connectivity index (χ4v) is 3.38. The normalized spacial score (nSPS) is 10.8. The van der Waals surface area contributed by atoms with Crippen LogP contribution >= 0.6 is 0 Å². The van der Waals surface area contributed by atoms with E-state index in [1.54, 1.807) is 16.9 Å². The van der Waals surface area contributed by atoms with E-state index in [4.69, 9.17) is 5.10 Å². The fourth-order valence-electron chi connectivity index (χ4n) is 3.38. The number of anilines is 2. The minimum Gasteiger partial charge on any atom is -0.308 e. The number of carbonyl (C=O) groups is 1. The van der Waals surface area contributed by atoms with Gasteiger partial charge in [0, 0.05) is 34.9 Å². The van der Waals surface area contributed by atoms with Gasteiger partial charge in [-0.25, -0.2) is 4.79 Å². The maximum atomic E-state index is 12.5. The monoisotopic (exact) mass is 421 g/mol. The Balaban J connectivity index is 1.41. The lowest BCUT2D eigenvalue weighted by atomic mass is 10.1. The molecule has 3 heterocycles. The van der Waals surface area contributed by atoms with Crippen LogP contribution < -0.4 is 10.6 Å². The Hall–Kier alpha value is -4.59. The number of amides is 2. The number of fused-ring (bicyclic) bond motifs is 1. The summed E-state index contributed by atoms with van der Waals surface area (Å²) in [6.07, 6.45) is 3.41. The lowest BCUT2D eigenvalue weighted by Gasteiger charge is -2.11. The molecule has 0 aliphatic carbocycles. The number of urea groups is 1. The first-order chi connectivity index (χ1) is 15.7. The quantitative estimate of drug-likeness (QED) is 0.434. The summed E-state index contributed by atoms with van der Waals surface area (Å²) >= 11 is 0. The second-order valence-corrected chi connectivity index (χ2v) is 7.22. The number of pyridine rings is 1. The molecule has 5 rings (SSSR count). The standard InChI is InChI=1S/C24H19N7O/c1-16-5-2-3-8-20(16)27-24(32)26-19-7-4-6-18(15-19)21-9-10-22-28-29-23(31(22)30-21)17-11-13-25-14-12-17/h2-15H,1H3,(H2,26,27,32). The predicted molar refractivity (Wildman–Crippen MR) is 123 cm³/mol. The lowest BCUT2D eigenvalue weighted by molar-refractivity contribution is 0.262. The van der Waals surface area contributed by atoms with Gasteiger partial charge < -0.3 is 10.6 Å². The number of hydrogen-bond donors (Lipinski definition) is 2. The van der Waals surface area contributed by atoms with E-state index in [0.29, 0.717) is 17.2 Å². The maximum Gasteiger partial charge on any atom is 0.323 e. The summed E-state index contributed by atoms with van der Waals surface area (Å²) in [6, 6.07) is 22.3. The van der Waals surface area contributed by atoms with Crippen LogP contribution in [-0.2, 0) is 0 Å². The summed E-state index contributed by atoms with van der Waals surface area (Å²) in [6.45, 7) is 1.95. The van der Waals surface area contributed by atoms with Crippen molar-refractivity contribution in [2.45, 2.75) is 6.92 Å². The number of benzene rings is 2. The van der Waals surface area contributed by atoms with Gasteiger partial charge in [-0.3, -0.25) is 4.98 Å². The molecular formula is C24H19N7O. The van der Waals surface area contributed by atoms with Gasteiger partial charge >= 0.3 is 6.03 Å². The molecule has 8 heteroatoms. The molecule has 0 bridgehead atoms. The molecule has 0 saturated carbocycles. The Morgan fingerprint density at radius 3 is 2.53 bits per heavy atom. The van der Waals surface area contributed by atoms with Crippen molar-refractivity contribution in [2.75, 3.05) is 10.6 Å². The van der Waals surface area contributed by atoms with E-state index in [-0.39, 0.29) is 6.03 Å². The Morgan fingerprint density at radius 2 is 1.69 bits per heavy atom. The van der Waals surface area contributed by atoms with Crippen molar-refractivity contribution in [1.82, 2.24) is 24.8 Å². The van der Waals surface area contributed by atoms with E-state index in [1.165, 1.54) is 0 Å². The minimum absolute atomic E-state index is 0.307. The van der Waals surface area contributed by atoms with Gasteiger partial charge in [-0.05, 0) is 55.0 Å². The molecule has 0 atom stereocenters. The van der Waals surface area contributed by atoms with Crippen molar-refractivity contribution in [1.29, 1.82) is 0 Å². The number of aryl methyl sites for hydroxylation is 1. The SMILES string of the molecule is Cc1ccccc1NC(=O)Nc1cccc(-c2ccc3nnc(-c4ccncc4)n3n2)c1. The predicted octanol–water partition coefficient (Wildman–Crippen LogP) is 4.81. The number of hydrogen-bond acceptors (Lipinski definition) is 5. The molecule has 0 saturated heterocycles. The molecule has 5 aromatic rings. The number of aromatic nitrogens is 5. The summed E-state index contributed by atoms with van der Waals surface area (Å²) in [5.74, 6) is 0.635. The Kier molecular flexibility index (Phi) is 5.01. The molecular weight excluding hydrogens is 402 g/mol. The number of rotatable bonds is 4. The number of carbonyl (C=O) groups excluding carboxylic acids is 1. The van der Waals surface area contributed by atoms with Crippen LogP contribution in [0.2, 0.25) is 0 Å². The van der Waals surface area contributed by atoms with E-state index >= 15 is 0 Å². The number of nitrogens with zero attached hydrogens (tertiary/aromatic N) is 5. The van der Waals surface area contributed by atoms with Crippen LogP contribution in [0.4, 0.5) is 16.2 Å². The third-order valence-corrected chi connectivity index (χ3v) is 5.01. The summed E-state index contributed by atoms with van der Waals surface area (Å²) in [5, 5.41) is 18.9. The molecule has 0 aliphatic heterocycles. The fraction of sp³-hybridized carbons (Fsp3) is 0.0417. The van der Waals surface area contributed by atoms with Gasteiger partial charge in [0.15, 0.2) is 11.5 Å². The van der Waals surface area contributed by atoms with Gasteiger partial charge in [-0.2, -0.15) is 9.61 Å². The summed E-state index contributed by atoms with van der Waals surface area (Å²) in [5.41, 5.74) is 5.53. The van der Waals surface area contributed by atoms with Crippen LogP contribution in [0.1, 0.15) is 5.56 Å². The highest BCUT2D eigenvalue weighted by Crippen LogP contribution is 2.23. The van der Waals surface area contributed by atoms with Crippen molar-refractivity contribution in [2.24, 2.45) is 0 Å². The van der Waals surface area contributed by atoms with Crippen LogP contribution in [0.5, 0.6) is 0 Å². The molecule has 3 aromatic heterocycles. The minimum atomic E-state index is -0.307. The molecule has 2 amide bonds. The van der Waals surface area contributed by atoms with Gasteiger partial charge in [0.2, 0.25) is 0 Å². The summed E-state index contributed by atoms with van der Waals surface area (Å²) in [7, 11) is 0. The second-order valence-electron chi connectivity index (χ2n) is 7.22. The molecule has 0 spiro atoms. The maximum absolute atomic E-state index is 12.5. The van der Waals surface area contributed by atoms with Crippen LogP contribution in [-0.4, -0.2) is 30.8 Å². The summed E-state index contributed by atoms with van der Waals surface area (Å²) < 4.78 is 1.70. The molecule has 0 radical (unpaired) electrons. The first kappa shape index (κ1) is 19.4. The topological polar surface area (TPSA) is 97.1 Å². The van der Waals surface area contributed by atoms with Crippen LogP contribution in [0, 0.1) is 6.92 Å². The average Bonchev–Trinajstić information content (AvgIpc) is 3.25. The first-order valence-electron chi connectivity index (χ1n) is 10.0. The van der Waals surface area contributed by atoms with Crippen molar-refractivity contribution >= 4 is 23.1 Å². The van der Waals surface area contributed by atoms with Crippen molar-refractivity contribution in [3.8, 4) is 22.6 Å². The number of para-hydroxylation sites is 1. The molecule has 8 nitrogen and oxygen atoms in total. The molecule has 0 unspecified atom stereocenters. The van der Waals surface area contributed by atoms with E-state index in [0.717, 1.165) is 28.1 Å². The molecule has 32 heavy (non-hydrogen) atoms. The van der Waals surface area contributed by atoms with E-state index in [2.05, 4.69) is 25.8 Å². The zero-order valence-electron chi connectivity index (χ0n) is 17.2. The third kappa shape index (κ3) is 3.89. The van der Waals surface area contributed by atoms with Crippen molar-refractivity contribution in [3.05, 3.63) is 90.8 Å². The lowest BCUT2D eigenvalue weighted by Crippen LogP contribution is -2.19. The van der Waals surface area contributed by atoms with Crippen LogP contribution in [0.25, 0.3) is 28.3 Å². The van der Waals surface area contributed by atoms with E-state index in [9.17, 15) is 4.79 Å². The van der Waals surface area contributed by atoms with Crippen molar-refractivity contribution in [3.63, 3.8) is 0 Å². The van der Waals surface area contributed by atoms with Gasteiger partial charge in [0.25, 0.3) is 0 Å². The van der Waals surface area contributed by atoms with Crippen LogP contribution in [0.3, 0.4) is 0 Å². The Labute approximate surface area is 184 Å². The largest absolute Gasteiger partial charge is 0.323 e. The zero-order valence-corrected chi connectivity index (χ0v) is 17.2.